The molecule has 0 bridgehead atoms. The van der Waals surface area contributed by atoms with Crippen LogP contribution in [0.5, 0.6) is 0 Å². The Balaban J connectivity index is 2.81. The highest BCUT2D eigenvalue weighted by Crippen LogP contribution is 2.39. The number of benzene rings is 1. The first kappa shape index (κ1) is 12.6. The molecule has 3 nitrogen and oxygen atoms in total. The summed E-state index contributed by atoms with van der Waals surface area (Å²) in [5.41, 5.74) is 2.88. The zero-order valence-corrected chi connectivity index (χ0v) is 11.6. The van der Waals surface area contributed by atoms with Crippen LogP contribution in [0.1, 0.15) is 29.7 Å². The maximum Gasteiger partial charge on any atom is 0.179 e. The molecule has 0 aliphatic carbocycles. The fraction of sp³-hybridized carbons (Fsp3) is 0.538. The van der Waals surface area contributed by atoms with Crippen LogP contribution in [-0.4, -0.2) is 21.2 Å². The molecule has 94 valence electrons. The number of aryl methyl sites for hydroxylation is 2. The van der Waals surface area contributed by atoms with Crippen molar-refractivity contribution < 1.29 is 8.42 Å². The number of rotatable bonds is 1. The van der Waals surface area contributed by atoms with E-state index in [9.17, 15) is 8.42 Å². The summed E-state index contributed by atoms with van der Waals surface area (Å²) in [5.74, 6) is 0.341. The van der Waals surface area contributed by atoms with Gasteiger partial charge < -0.3 is 5.32 Å². The fourth-order valence-corrected chi connectivity index (χ4v) is 5.08. The second-order valence-corrected chi connectivity index (χ2v) is 6.94. The highest BCUT2D eigenvalue weighted by atomic mass is 32.2. The highest BCUT2D eigenvalue weighted by molar-refractivity contribution is 7.91. The normalized spacial score (nSPS) is 26.6. The van der Waals surface area contributed by atoms with Gasteiger partial charge in [0.2, 0.25) is 0 Å². The Labute approximate surface area is 103 Å². The van der Waals surface area contributed by atoms with Crippen molar-refractivity contribution in [1.82, 2.24) is 5.32 Å². The van der Waals surface area contributed by atoms with Crippen LogP contribution in [0.4, 0.5) is 0 Å². The Morgan fingerprint density at radius 1 is 1.24 bits per heavy atom. The van der Waals surface area contributed by atoms with E-state index in [1.165, 1.54) is 0 Å². The lowest BCUT2D eigenvalue weighted by molar-refractivity contribution is 0.419. The number of hydrogen-bond acceptors (Lipinski definition) is 3. The molecule has 0 saturated heterocycles. The summed E-state index contributed by atoms with van der Waals surface area (Å²) in [5, 5.41) is 3.25. The molecular weight excluding hydrogens is 234 g/mol. The standard InChI is InChI=1S/C13H19NO2S/c1-8-5-6-9(2)13-11(8)12(14-4)10(3)7-17(13,15)16/h5-6,10,12,14H,7H2,1-4H3. The lowest BCUT2D eigenvalue weighted by Gasteiger charge is -2.33. The van der Waals surface area contributed by atoms with E-state index in [-0.39, 0.29) is 17.7 Å². The first-order chi connectivity index (χ1) is 7.88. The van der Waals surface area contributed by atoms with Crippen LogP contribution in [0.25, 0.3) is 0 Å². The number of sulfone groups is 1. The summed E-state index contributed by atoms with van der Waals surface area (Å²) < 4.78 is 24.6. The highest BCUT2D eigenvalue weighted by Gasteiger charge is 2.36. The van der Waals surface area contributed by atoms with Crippen molar-refractivity contribution in [3.63, 3.8) is 0 Å². The third-order valence-corrected chi connectivity index (χ3v) is 5.72. The van der Waals surface area contributed by atoms with Gasteiger partial charge in [-0.05, 0) is 43.5 Å². The van der Waals surface area contributed by atoms with Crippen LogP contribution in [0.3, 0.4) is 0 Å². The van der Waals surface area contributed by atoms with E-state index in [0.717, 1.165) is 16.7 Å². The predicted octanol–water partition coefficient (Wildman–Crippen LogP) is 1.99. The summed E-state index contributed by atoms with van der Waals surface area (Å²) in [6.07, 6.45) is 0. The summed E-state index contributed by atoms with van der Waals surface area (Å²) in [6, 6.07) is 4.04. The van der Waals surface area contributed by atoms with Crippen molar-refractivity contribution >= 4 is 9.84 Å². The molecule has 0 fully saturated rings. The SMILES string of the molecule is CNC1c2c(C)ccc(C)c2S(=O)(=O)CC1C. The van der Waals surface area contributed by atoms with Crippen LogP contribution in [0.15, 0.2) is 17.0 Å². The predicted molar refractivity (Wildman–Crippen MR) is 68.9 cm³/mol. The first-order valence-corrected chi connectivity index (χ1v) is 7.54. The van der Waals surface area contributed by atoms with Gasteiger partial charge in [-0.2, -0.15) is 0 Å². The average molecular weight is 253 g/mol. The Kier molecular flexibility index (Phi) is 3.04. The molecule has 1 aromatic rings. The van der Waals surface area contributed by atoms with E-state index in [1.54, 1.807) is 0 Å². The smallest absolute Gasteiger partial charge is 0.179 e. The summed E-state index contributed by atoms with van der Waals surface area (Å²) in [7, 11) is -1.23. The number of fused-ring (bicyclic) bond motifs is 1. The Hall–Kier alpha value is -0.870. The summed E-state index contributed by atoms with van der Waals surface area (Å²) in [6.45, 7) is 5.85. The molecule has 2 unspecified atom stereocenters. The molecular formula is C13H19NO2S. The molecule has 0 amide bonds. The van der Waals surface area contributed by atoms with Gasteiger partial charge in [-0.3, -0.25) is 0 Å². The van der Waals surface area contributed by atoms with E-state index in [0.29, 0.717) is 4.90 Å². The Morgan fingerprint density at radius 3 is 2.41 bits per heavy atom. The largest absolute Gasteiger partial charge is 0.313 e. The molecule has 2 rings (SSSR count). The molecule has 1 aromatic carbocycles. The van der Waals surface area contributed by atoms with Crippen LogP contribution >= 0.6 is 0 Å². The quantitative estimate of drug-likeness (QED) is 0.832. The molecule has 1 aliphatic rings. The maximum atomic E-state index is 12.3. The van der Waals surface area contributed by atoms with Gasteiger partial charge in [0.15, 0.2) is 9.84 Å². The zero-order chi connectivity index (χ0) is 12.8. The molecule has 17 heavy (non-hydrogen) atoms. The molecule has 0 aromatic heterocycles. The third-order valence-electron chi connectivity index (χ3n) is 3.60. The van der Waals surface area contributed by atoms with E-state index >= 15 is 0 Å². The van der Waals surface area contributed by atoms with E-state index < -0.39 is 9.84 Å². The second-order valence-electron chi connectivity index (χ2n) is 4.97. The van der Waals surface area contributed by atoms with E-state index in [1.807, 2.05) is 40.0 Å². The minimum Gasteiger partial charge on any atom is -0.313 e. The lowest BCUT2D eigenvalue weighted by Crippen LogP contribution is -2.35. The number of nitrogens with one attached hydrogen (secondary N) is 1. The van der Waals surface area contributed by atoms with Crippen molar-refractivity contribution in [2.75, 3.05) is 12.8 Å². The van der Waals surface area contributed by atoms with Gasteiger partial charge in [0.1, 0.15) is 0 Å². The Morgan fingerprint density at radius 2 is 1.82 bits per heavy atom. The topological polar surface area (TPSA) is 46.2 Å². The molecule has 0 radical (unpaired) electrons. The van der Waals surface area contributed by atoms with Gasteiger partial charge in [0.05, 0.1) is 10.6 Å². The van der Waals surface area contributed by atoms with Gasteiger partial charge in [-0.15, -0.1) is 0 Å². The molecule has 1 N–H and O–H groups in total. The van der Waals surface area contributed by atoms with Crippen LogP contribution < -0.4 is 5.32 Å². The molecule has 0 saturated carbocycles. The first-order valence-electron chi connectivity index (χ1n) is 5.88. The van der Waals surface area contributed by atoms with Crippen molar-refractivity contribution in [2.45, 2.75) is 31.7 Å². The van der Waals surface area contributed by atoms with Gasteiger partial charge in [0.25, 0.3) is 0 Å². The zero-order valence-electron chi connectivity index (χ0n) is 10.7. The van der Waals surface area contributed by atoms with Crippen molar-refractivity contribution in [3.8, 4) is 0 Å². The fourth-order valence-electron chi connectivity index (χ4n) is 2.85. The van der Waals surface area contributed by atoms with Gasteiger partial charge in [-0.25, -0.2) is 8.42 Å². The molecule has 1 heterocycles. The van der Waals surface area contributed by atoms with Crippen LogP contribution in [0.2, 0.25) is 0 Å². The molecule has 0 spiro atoms. The van der Waals surface area contributed by atoms with Gasteiger partial charge in [-0.1, -0.05) is 19.1 Å². The minimum absolute atomic E-state index is 0.109. The van der Waals surface area contributed by atoms with Crippen molar-refractivity contribution in [2.24, 2.45) is 5.92 Å². The van der Waals surface area contributed by atoms with Crippen molar-refractivity contribution in [1.29, 1.82) is 0 Å². The average Bonchev–Trinajstić information content (AvgIpc) is 2.22. The van der Waals surface area contributed by atoms with Crippen LogP contribution in [-0.2, 0) is 9.84 Å². The van der Waals surface area contributed by atoms with Gasteiger partial charge >= 0.3 is 0 Å². The van der Waals surface area contributed by atoms with Crippen molar-refractivity contribution in [3.05, 3.63) is 28.8 Å². The number of hydrogen-bond donors (Lipinski definition) is 1. The lowest BCUT2D eigenvalue weighted by atomic mass is 9.91. The summed E-state index contributed by atoms with van der Waals surface area (Å²) >= 11 is 0. The minimum atomic E-state index is -3.13. The van der Waals surface area contributed by atoms with Gasteiger partial charge in [0, 0.05) is 6.04 Å². The molecule has 4 heteroatoms. The van der Waals surface area contributed by atoms with Crippen LogP contribution in [0, 0.1) is 19.8 Å². The maximum absolute atomic E-state index is 12.3. The Bertz CT molecular complexity index is 549. The van der Waals surface area contributed by atoms with E-state index in [4.69, 9.17) is 0 Å². The second kappa shape index (κ2) is 4.10. The molecule has 2 atom stereocenters. The molecule has 1 aliphatic heterocycles. The monoisotopic (exact) mass is 253 g/mol. The van der Waals surface area contributed by atoms with E-state index in [2.05, 4.69) is 5.32 Å². The summed E-state index contributed by atoms with van der Waals surface area (Å²) in [4.78, 5) is 0.551. The third kappa shape index (κ3) is 1.89.